The highest BCUT2D eigenvalue weighted by Crippen LogP contribution is 2.28. The molecule has 5 nitrogen and oxygen atoms in total. The van der Waals surface area contributed by atoms with E-state index in [4.69, 9.17) is 11.6 Å². The number of carbonyl (C=O) groups is 1. The van der Waals surface area contributed by atoms with Crippen LogP contribution in [0.4, 0.5) is 0 Å². The second-order valence-corrected chi connectivity index (χ2v) is 6.27. The van der Waals surface area contributed by atoms with Gasteiger partial charge < -0.3 is 10.2 Å². The van der Waals surface area contributed by atoms with Crippen LogP contribution >= 0.6 is 36.4 Å². The molecule has 1 unspecified atom stereocenters. The van der Waals surface area contributed by atoms with Crippen molar-refractivity contribution in [3.63, 3.8) is 0 Å². The summed E-state index contributed by atoms with van der Waals surface area (Å²) in [6.07, 6.45) is 4.21. The fourth-order valence-electron chi connectivity index (χ4n) is 2.97. The van der Waals surface area contributed by atoms with Crippen LogP contribution in [0.1, 0.15) is 23.6 Å². The van der Waals surface area contributed by atoms with Gasteiger partial charge in [0.05, 0.1) is 12.2 Å². The van der Waals surface area contributed by atoms with E-state index < -0.39 is 0 Å². The van der Waals surface area contributed by atoms with Crippen LogP contribution in [0.3, 0.4) is 0 Å². The van der Waals surface area contributed by atoms with Gasteiger partial charge in [-0.05, 0) is 24.1 Å². The predicted molar refractivity (Wildman–Crippen MR) is 105 cm³/mol. The molecular formula is C17H23Cl3N4O. The number of rotatable bonds is 4. The molecule has 0 bridgehead atoms. The van der Waals surface area contributed by atoms with E-state index in [1.54, 1.807) is 0 Å². The Hall–Kier alpha value is -1.27. The average molecular weight is 406 g/mol. The van der Waals surface area contributed by atoms with Crippen LogP contribution in [0, 0.1) is 6.92 Å². The minimum atomic E-state index is -0.00990. The second kappa shape index (κ2) is 10.0. The van der Waals surface area contributed by atoms with Crippen molar-refractivity contribution >= 4 is 42.3 Å². The third-order valence-electron chi connectivity index (χ3n) is 4.15. The standard InChI is InChI=1S/C17H21ClN4O.2ClH/c1-13-10-20-21(12-13)8-6-17(23)22-9-7-19-11-16(22)14-4-2-3-5-15(14)18;;/h2-5,10,12,16,19H,6-9,11H2,1H3;2*1H. The lowest BCUT2D eigenvalue weighted by molar-refractivity contribution is -0.134. The Kier molecular flexibility index (Phi) is 8.73. The minimum Gasteiger partial charge on any atom is -0.333 e. The number of piperazine rings is 1. The fraction of sp³-hybridized carbons (Fsp3) is 0.412. The van der Waals surface area contributed by atoms with Crippen LogP contribution < -0.4 is 5.32 Å². The molecule has 1 fully saturated rings. The van der Waals surface area contributed by atoms with Gasteiger partial charge >= 0.3 is 0 Å². The number of benzene rings is 1. The highest BCUT2D eigenvalue weighted by Gasteiger charge is 2.28. The second-order valence-electron chi connectivity index (χ2n) is 5.86. The molecule has 0 spiro atoms. The van der Waals surface area contributed by atoms with Gasteiger partial charge in [0.2, 0.25) is 5.91 Å². The van der Waals surface area contributed by atoms with Crippen LogP contribution in [0.15, 0.2) is 36.7 Å². The van der Waals surface area contributed by atoms with Crippen LogP contribution in [-0.4, -0.2) is 40.2 Å². The van der Waals surface area contributed by atoms with E-state index in [0.717, 1.165) is 24.2 Å². The molecule has 0 aliphatic carbocycles. The molecule has 1 amide bonds. The first-order chi connectivity index (χ1) is 11.1. The van der Waals surface area contributed by atoms with Crippen molar-refractivity contribution in [3.8, 4) is 0 Å². The van der Waals surface area contributed by atoms with Gasteiger partial charge in [0, 0.05) is 43.8 Å². The first-order valence-corrected chi connectivity index (χ1v) is 8.26. The summed E-state index contributed by atoms with van der Waals surface area (Å²) < 4.78 is 1.82. The summed E-state index contributed by atoms with van der Waals surface area (Å²) in [5, 5.41) is 8.30. The normalized spacial score (nSPS) is 16.7. The summed E-state index contributed by atoms with van der Waals surface area (Å²) in [6, 6.07) is 7.74. The highest BCUT2D eigenvalue weighted by molar-refractivity contribution is 6.31. The number of halogens is 3. The SMILES string of the molecule is Cc1cnn(CCC(=O)N2CCNCC2c2ccccc2Cl)c1.Cl.Cl. The quantitative estimate of drug-likeness (QED) is 0.849. The van der Waals surface area contributed by atoms with Gasteiger partial charge in [-0.3, -0.25) is 9.48 Å². The van der Waals surface area contributed by atoms with E-state index in [2.05, 4.69) is 10.4 Å². The van der Waals surface area contributed by atoms with Gasteiger partial charge in [0.1, 0.15) is 0 Å². The van der Waals surface area contributed by atoms with Crippen LogP contribution in [0.25, 0.3) is 0 Å². The third kappa shape index (κ3) is 5.35. The number of carbonyl (C=O) groups excluding carboxylic acids is 1. The molecule has 1 N–H and O–H groups in total. The summed E-state index contributed by atoms with van der Waals surface area (Å²) >= 11 is 6.32. The third-order valence-corrected chi connectivity index (χ3v) is 4.49. The molecule has 1 aliphatic heterocycles. The topological polar surface area (TPSA) is 50.2 Å². The first kappa shape index (κ1) is 21.8. The highest BCUT2D eigenvalue weighted by atomic mass is 35.5. The molecule has 1 aromatic carbocycles. The van der Waals surface area contributed by atoms with Gasteiger partial charge in [0.25, 0.3) is 0 Å². The van der Waals surface area contributed by atoms with Crippen molar-refractivity contribution in [2.24, 2.45) is 0 Å². The maximum Gasteiger partial charge on any atom is 0.225 e. The van der Waals surface area contributed by atoms with E-state index >= 15 is 0 Å². The largest absolute Gasteiger partial charge is 0.333 e. The molecule has 25 heavy (non-hydrogen) atoms. The summed E-state index contributed by atoms with van der Waals surface area (Å²) in [4.78, 5) is 14.6. The van der Waals surface area contributed by atoms with Gasteiger partial charge in [0.15, 0.2) is 0 Å². The van der Waals surface area contributed by atoms with E-state index in [1.807, 2.05) is 53.2 Å². The Labute approximate surface area is 165 Å². The lowest BCUT2D eigenvalue weighted by Crippen LogP contribution is -2.49. The number of nitrogens with one attached hydrogen (secondary N) is 1. The van der Waals surface area contributed by atoms with Crippen molar-refractivity contribution in [2.75, 3.05) is 19.6 Å². The Morgan fingerprint density at radius 1 is 1.36 bits per heavy atom. The van der Waals surface area contributed by atoms with E-state index in [0.29, 0.717) is 24.5 Å². The first-order valence-electron chi connectivity index (χ1n) is 7.89. The van der Waals surface area contributed by atoms with Crippen molar-refractivity contribution in [3.05, 3.63) is 52.8 Å². The van der Waals surface area contributed by atoms with Gasteiger partial charge in [-0.1, -0.05) is 29.8 Å². The molecule has 8 heteroatoms. The zero-order chi connectivity index (χ0) is 16.2. The van der Waals surface area contributed by atoms with Crippen molar-refractivity contribution in [1.29, 1.82) is 0 Å². The predicted octanol–water partition coefficient (Wildman–Crippen LogP) is 3.25. The molecule has 1 aromatic heterocycles. The average Bonchev–Trinajstić information content (AvgIpc) is 2.99. The number of aromatic nitrogens is 2. The molecule has 1 saturated heterocycles. The number of aryl methyl sites for hydroxylation is 2. The number of hydrogen-bond donors (Lipinski definition) is 1. The molecule has 2 heterocycles. The summed E-state index contributed by atoms with van der Waals surface area (Å²) in [7, 11) is 0. The molecule has 0 saturated carbocycles. The number of hydrogen-bond acceptors (Lipinski definition) is 3. The van der Waals surface area contributed by atoms with Crippen LogP contribution in [-0.2, 0) is 11.3 Å². The molecule has 3 rings (SSSR count). The van der Waals surface area contributed by atoms with Crippen LogP contribution in [0.2, 0.25) is 5.02 Å². The lowest BCUT2D eigenvalue weighted by Gasteiger charge is -2.37. The Balaban J connectivity index is 0.00000156. The summed E-state index contributed by atoms with van der Waals surface area (Å²) in [5.41, 5.74) is 2.11. The van der Waals surface area contributed by atoms with Crippen molar-refractivity contribution in [1.82, 2.24) is 20.0 Å². The maximum atomic E-state index is 12.7. The molecule has 1 aliphatic rings. The molecule has 1 atom stereocenters. The monoisotopic (exact) mass is 404 g/mol. The molecular weight excluding hydrogens is 383 g/mol. The maximum absolute atomic E-state index is 12.7. The van der Waals surface area contributed by atoms with E-state index in [1.165, 1.54) is 0 Å². The zero-order valence-electron chi connectivity index (χ0n) is 14.0. The fourth-order valence-corrected chi connectivity index (χ4v) is 3.23. The molecule has 2 aromatic rings. The molecule has 0 radical (unpaired) electrons. The zero-order valence-corrected chi connectivity index (χ0v) is 16.4. The van der Waals surface area contributed by atoms with Gasteiger partial charge in [-0.15, -0.1) is 24.8 Å². The van der Waals surface area contributed by atoms with E-state index in [-0.39, 0.29) is 36.8 Å². The lowest BCUT2D eigenvalue weighted by atomic mass is 10.0. The Bertz CT molecular complexity index is 692. The summed E-state index contributed by atoms with van der Waals surface area (Å²) in [6.45, 7) is 4.84. The number of amides is 1. The Morgan fingerprint density at radius 3 is 2.80 bits per heavy atom. The van der Waals surface area contributed by atoms with Crippen molar-refractivity contribution in [2.45, 2.75) is 25.9 Å². The van der Waals surface area contributed by atoms with Gasteiger partial charge in [-0.25, -0.2) is 0 Å². The minimum absolute atomic E-state index is 0. The van der Waals surface area contributed by atoms with E-state index in [9.17, 15) is 4.79 Å². The van der Waals surface area contributed by atoms with Crippen LogP contribution in [0.5, 0.6) is 0 Å². The van der Waals surface area contributed by atoms with Gasteiger partial charge in [-0.2, -0.15) is 5.10 Å². The smallest absolute Gasteiger partial charge is 0.225 e. The molecule has 138 valence electrons. The summed E-state index contributed by atoms with van der Waals surface area (Å²) in [5.74, 6) is 0.143. The Morgan fingerprint density at radius 2 is 2.12 bits per heavy atom. The van der Waals surface area contributed by atoms with Crippen molar-refractivity contribution < 1.29 is 4.79 Å². The number of nitrogens with zero attached hydrogens (tertiary/aromatic N) is 3.